The smallest absolute Gasteiger partial charge is 0.341 e. The summed E-state index contributed by atoms with van der Waals surface area (Å²) in [4.78, 5) is 28.8. The van der Waals surface area contributed by atoms with Crippen molar-refractivity contribution in [3.63, 3.8) is 0 Å². The number of thiophene rings is 1. The molecule has 1 aromatic carbocycles. The number of carbonyl (C=O) groups excluding carboxylic acids is 2. The van der Waals surface area contributed by atoms with Crippen LogP contribution in [-0.2, 0) is 9.53 Å². The first-order chi connectivity index (χ1) is 12.2. The molecule has 0 unspecified atom stereocenters. The molecule has 0 fully saturated rings. The van der Waals surface area contributed by atoms with Gasteiger partial charge < -0.3 is 10.1 Å². The molecule has 0 spiro atoms. The second-order valence-corrected chi connectivity index (χ2v) is 8.23. The minimum Gasteiger partial charge on any atom is -0.465 e. The fourth-order valence-corrected chi connectivity index (χ4v) is 5.06. The van der Waals surface area contributed by atoms with E-state index in [1.807, 2.05) is 35.7 Å². The molecule has 3 rings (SSSR count). The number of carbonyl (C=O) groups is 2. The van der Waals surface area contributed by atoms with Gasteiger partial charge in [-0.25, -0.2) is 4.79 Å². The molecule has 1 N–H and O–H groups in total. The van der Waals surface area contributed by atoms with E-state index >= 15 is 0 Å². The zero-order valence-electron chi connectivity index (χ0n) is 13.5. The van der Waals surface area contributed by atoms with Crippen LogP contribution in [0.2, 0.25) is 0 Å². The fourth-order valence-electron chi connectivity index (χ4n) is 2.28. The largest absolute Gasteiger partial charge is 0.465 e. The SMILES string of the molecule is COC(=O)c1c(-c2ccccc2)csc1NC(=O)CSC1=NCCS1. The topological polar surface area (TPSA) is 67.8 Å². The average molecular weight is 393 g/mol. The summed E-state index contributed by atoms with van der Waals surface area (Å²) < 4.78 is 5.85. The van der Waals surface area contributed by atoms with Crippen molar-refractivity contribution in [1.29, 1.82) is 0 Å². The quantitative estimate of drug-likeness (QED) is 0.780. The Morgan fingerprint density at radius 3 is 2.80 bits per heavy atom. The highest BCUT2D eigenvalue weighted by Gasteiger charge is 2.22. The third-order valence-electron chi connectivity index (χ3n) is 3.40. The summed E-state index contributed by atoms with van der Waals surface area (Å²) in [6.07, 6.45) is 0. The summed E-state index contributed by atoms with van der Waals surface area (Å²) in [6.45, 7) is 0.812. The van der Waals surface area contributed by atoms with E-state index in [9.17, 15) is 9.59 Å². The number of nitrogens with zero attached hydrogens (tertiary/aromatic N) is 1. The number of nitrogens with one attached hydrogen (secondary N) is 1. The predicted molar refractivity (Wildman–Crippen MR) is 107 cm³/mol. The van der Waals surface area contributed by atoms with Crippen LogP contribution in [0.4, 0.5) is 5.00 Å². The van der Waals surface area contributed by atoms with Crippen LogP contribution in [0, 0.1) is 0 Å². The summed E-state index contributed by atoms with van der Waals surface area (Å²) in [5.41, 5.74) is 2.06. The van der Waals surface area contributed by atoms with E-state index in [4.69, 9.17) is 4.74 Å². The molecule has 0 aliphatic carbocycles. The number of rotatable bonds is 5. The van der Waals surface area contributed by atoms with Crippen LogP contribution in [0.5, 0.6) is 0 Å². The van der Waals surface area contributed by atoms with Crippen LogP contribution < -0.4 is 5.32 Å². The molecule has 1 amide bonds. The van der Waals surface area contributed by atoms with E-state index in [0.29, 0.717) is 10.6 Å². The van der Waals surface area contributed by atoms with Crippen molar-refractivity contribution >= 4 is 56.1 Å². The maximum Gasteiger partial charge on any atom is 0.341 e. The van der Waals surface area contributed by atoms with Gasteiger partial charge in [0.2, 0.25) is 5.91 Å². The van der Waals surface area contributed by atoms with Crippen molar-refractivity contribution < 1.29 is 14.3 Å². The van der Waals surface area contributed by atoms with Crippen LogP contribution in [0.1, 0.15) is 10.4 Å². The Balaban J connectivity index is 1.77. The lowest BCUT2D eigenvalue weighted by Crippen LogP contribution is -2.16. The molecule has 0 atom stereocenters. The predicted octanol–water partition coefficient (Wildman–Crippen LogP) is 3.98. The number of ether oxygens (including phenoxy) is 1. The van der Waals surface area contributed by atoms with E-state index in [1.54, 1.807) is 11.8 Å². The number of hydrogen-bond donors (Lipinski definition) is 1. The van der Waals surface area contributed by atoms with Gasteiger partial charge >= 0.3 is 5.97 Å². The Kier molecular flexibility index (Phi) is 6.17. The molecule has 2 aromatic rings. The van der Waals surface area contributed by atoms with Crippen molar-refractivity contribution in [2.24, 2.45) is 4.99 Å². The summed E-state index contributed by atoms with van der Waals surface area (Å²) in [6, 6.07) is 9.57. The molecule has 1 aliphatic rings. The van der Waals surface area contributed by atoms with Gasteiger partial charge in [0.05, 0.1) is 19.4 Å². The number of thioether (sulfide) groups is 2. The van der Waals surface area contributed by atoms with Gasteiger partial charge in [-0.05, 0) is 5.56 Å². The lowest BCUT2D eigenvalue weighted by molar-refractivity contribution is -0.113. The lowest BCUT2D eigenvalue weighted by atomic mass is 10.0. The van der Waals surface area contributed by atoms with E-state index in [1.165, 1.54) is 30.2 Å². The first-order valence-electron chi connectivity index (χ1n) is 7.54. The first kappa shape index (κ1) is 18.0. The van der Waals surface area contributed by atoms with Crippen LogP contribution in [-0.4, -0.2) is 41.4 Å². The zero-order chi connectivity index (χ0) is 17.6. The molecular weight excluding hydrogens is 376 g/mol. The van der Waals surface area contributed by atoms with E-state index in [2.05, 4.69) is 10.3 Å². The monoisotopic (exact) mass is 392 g/mol. The minimum atomic E-state index is -0.459. The second-order valence-electron chi connectivity index (χ2n) is 5.04. The van der Waals surface area contributed by atoms with Crippen LogP contribution in [0.25, 0.3) is 11.1 Å². The number of hydrogen-bond acceptors (Lipinski definition) is 7. The van der Waals surface area contributed by atoms with Gasteiger partial charge in [0, 0.05) is 16.7 Å². The number of methoxy groups -OCH3 is 1. The number of aliphatic imine (C=N–C) groups is 1. The van der Waals surface area contributed by atoms with Crippen molar-refractivity contribution in [1.82, 2.24) is 0 Å². The van der Waals surface area contributed by atoms with Gasteiger partial charge in [-0.15, -0.1) is 11.3 Å². The molecule has 1 aromatic heterocycles. The maximum atomic E-state index is 12.2. The van der Waals surface area contributed by atoms with E-state index in [-0.39, 0.29) is 11.7 Å². The molecule has 8 heteroatoms. The zero-order valence-corrected chi connectivity index (χ0v) is 15.9. The van der Waals surface area contributed by atoms with Crippen molar-refractivity contribution in [3.05, 3.63) is 41.3 Å². The molecule has 1 aliphatic heterocycles. The standard InChI is InChI=1S/C17H16N2O3S3/c1-22-16(21)14-12(11-5-3-2-4-6-11)9-24-15(14)19-13(20)10-25-17-18-7-8-23-17/h2-6,9H,7-8,10H2,1H3,(H,19,20). The summed E-state index contributed by atoms with van der Waals surface area (Å²) >= 11 is 4.41. The molecule has 130 valence electrons. The third kappa shape index (κ3) is 4.45. The minimum absolute atomic E-state index is 0.160. The molecular formula is C17H16N2O3S3. The average Bonchev–Trinajstić information content (AvgIpc) is 3.30. The number of esters is 1. The molecule has 0 saturated heterocycles. The van der Waals surface area contributed by atoms with Crippen LogP contribution in [0.3, 0.4) is 0 Å². The lowest BCUT2D eigenvalue weighted by Gasteiger charge is -2.07. The highest BCUT2D eigenvalue weighted by atomic mass is 32.2. The van der Waals surface area contributed by atoms with Crippen LogP contribution in [0.15, 0.2) is 40.7 Å². The molecule has 0 bridgehead atoms. The molecule has 25 heavy (non-hydrogen) atoms. The van der Waals surface area contributed by atoms with Gasteiger partial charge in [0.1, 0.15) is 14.9 Å². The Hall–Kier alpha value is -1.77. The van der Waals surface area contributed by atoms with Crippen molar-refractivity contribution in [2.75, 3.05) is 30.5 Å². The Bertz CT molecular complexity index is 803. The van der Waals surface area contributed by atoms with Crippen molar-refractivity contribution in [2.45, 2.75) is 0 Å². The Labute approximate surface area is 158 Å². The number of anilines is 1. The molecule has 5 nitrogen and oxygen atoms in total. The highest BCUT2D eigenvalue weighted by molar-refractivity contribution is 8.39. The van der Waals surface area contributed by atoms with Gasteiger partial charge in [0.15, 0.2) is 0 Å². The second kappa shape index (κ2) is 8.55. The van der Waals surface area contributed by atoms with Gasteiger partial charge in [-0.1, -0.05) is 53.9 Å². The maximum absolute atomic E-state index is 12.2. The Morgan fingerprint density at radius 1 is 1.32 bits per heavy atom. The number of amides is 1. The number of benzene rings is 1. The third-order valence-corrected chi connectivity index (χ3v) is 6.55. The summed E-state index contributed by atoms with van der Waals surface area (Å²) in [5, 5.41) is 5.21. The van der Waals surface area contributed by atoms with Crippen LogP contribution >= 0.6 is 34.9 Å². The van der Waals surface area contributed by atoms with Gasteiger partial charge in [0.25, 0.3) is 0 Å². The molecule has 2 heterocycles. The normalized spacial score (nSPS) is 13.4. The first-order valence-corrected chi connectivity index (χ1v) is 10.4. The highest BCUT2D eigenvalue weighted by Crippen LogP contribution is 2.36. The molecule has 0 saturated carbocycles. The van der Waals surface area contributed by atoms with E-state index < -0.39 is 5.97 Å². The van der Waals surface area contributed by atoms with Gasteiger partial charge in [-0.2, -0.15) is 0 Å². The summed E-state index contributed by atoms with van der Waals surface area (Å²) in [7, 11) is 1.34. The fraction of sp³-hybridized carbons (Fsp3) is 0.235. The summed E-state index contributed by atoms with van der Waals surface area (Å²) in [5.74, 6) is 0.623. The molecule has 0 radical (unpaired) electrons. The van der Waals surface area contributed by atoms with Gasteiger partial charge in [-0.3, -0.25) is 9.79 Å². The van der Waals surface area contributed by atoms with Crippen molar-refractivity contribution in [3.8, 4) is 11.1 Å². The van der Waals surface area contributed by atoms with E-state index in [0.717, 1.165) is 27.8 Å². The Morgan fingerprint density at radius 2 is 2.12 bits per heavy atom.